The monoisotopic (exact) mass is 398 g/mol. The zero-order chi connectivity index (χ0) is 20.9. The van der Waals surface area contributed by atoms with Gasteiger partial charge < -0.3 is 15.4 Å². The Bertz CT molecular complexity index is 836. The van der Waals surface area contributed by atoms with Crippen molar-refractivity contribution in [1.29, 1.82) is 0 Å². The molecule has 5 nitrogen and oxygen atoms in total. The zero-order valence-corrected chi connectivity index (χ0v) is 15.1. The number of carbonyl (C=O) groups excluding carboxylic acids is 2. The van der Waals surface area contributed by atoms with Gasteiger partial charge in [0.05, 0.1) is 7.11 Å². The molecule has 2 aromatic carbocycles. The highest BCUT2D eigenvalue weighted by atomic mass is 19.4. The summed E-state index contributed by atoms with van der Waals surface area (Å²) in [5.74, 6) is -3.13. The number of anilines is 1. The quantitative estimate of drug-likeness (QED) is 0.733. The number of hydrogen-bond donors (Lipinski definition) is 2. The topological polar surface area (TPSA) is 67.4 Å². The standard InChI is InChI=1S/C19H18F4N2O3/c1-18(25-17(27)19(21,22)23,11-12-3-9-15(28-2)10-4-12)16(26)24-14-7-5-13(20)6-8-14/h3-10H,11H2,1-2H3,(H,24,26)(H,25,27). The lowest BCUT2D eigenvalue weighted by molar-refractivity contribution is -0.176. The first-order valence-electron chi connectivity index (χ1n) is 8.13. The minimum Gasteiger partial charge on any atom is -0.497 e. The van der Waals surface area contributed by atoms with Crippen molar-refractivity contribution in [2.75, 3.05) is 12.4 Å². The van der Waals surface area contributed by atoms with E-state index in [1.807, 2.05) is 0 Å². The van der Waals surface area contributed by atoms with E-state index >= 15 is 0 Å². The van der Waals surface area contributed by atoms with Crippen molar-refractivity contribution in [2.45, 2.75) is 25.1 Å². The molecule has 0 aliphatic carbocycles. The molecule has 0 radical (unpaired) electrons. The molecule has 1 atom stereocenters. The van der Waals surface area contributed by atoms with E-state index in [1.54, 1.807) is 29.6 Å². The number of amides is 2. The van der Waals surface area contributed by atoms with Crippen LogP contribution in [0.5, 0.6) is 5.75 Å². The average molecular weight is 398 g/mol. The zero-order valence-electron chi connectivity index (χ0n) is 15.1. The molecule has 0 heterocycles. The Labute approximate surface area is 158 Å². The van der Waals surface area contributed by atoms with Gasteiger partial charge in [-0.3, -0.25) is 9.59 Å². The molecule has 28 heavy (non-hydrogen) atoms. The summed E-state index contributed by atoms with van der Waals surface area (Å²) in [5, 5.41) is 4.16. The van der Waals surface area contributed by atoms with Gasteiger partial charge in [0.25, 0.3) is 0 Å². The first kappa shape index (κ1) is 21.2. The largest absolute Gasteiger partial charge is 0.497 e. The summed E-state index contributed by atoms with van der Waals surface area (Å²) in [5.41, 5.74) is -1.25. The molecule has 0 saturated heterocycles. The molecule has 2 aromatic rings. The van der Waals surface area contributed by atoms with Gasteiger partial charge in [-0.15, -0.1) is 0 Å². The number of benzene rings is 2. The summed E-state index contributed by atoms with van der Waals surface area (Å²) < 4.78 is 56.3. The van der Waals surface area contributed by atoms with Crippen molar-refractivity contribution in [1.82, 2.24) is 5.32 Å². The van der Waals surface area contributed by atoms with Crippen LogP contribution < -0.4 is 15.4 Å². The third-order valence-electron chi connectivity index (χ3n) is 3.97. The fourth-order valence-corrected chi connectivity index (χ4v) is 2.46. The SMILES string of the molecule is COc1ccc(CC(C)(NC(=O)C(F)(F)F)C(=O)Nc2ccc(F)cc2)cc1. The second-order valence-electron chi connectivity index (χ2n) is 6.27. The number of hydrogen-bond acceptors (Lipinski definition) is 3. The Morgan fingerprint density at radius 3 is 2.04 bits per heavy atom. The van der Waals surface area contributed by atoms with E-state index < -0.39 is 29.3 Å². The Morgan fingerprint density at radius 2 is 1.54 bits per heavy atom. The third kappa shape index (κ3) is 5.45. The fraction of sp³-hybridized carbons (Fsp3) is 0.263. The van der Waals surface area contributed by atoms with Crippen molar-refractivity contribution >= 4 is 17.5 Å². The van der Waals surface area contributed by atoms with Crippen molar-refractivity contribution < 1.29 is 31.9 Å². The summed E-state index contributed by atoms with van der Waals surface area (Å²) in [6.45, 7) is 1.18. The van der Waals surface area contributed by atoms with Gasteiger partial charge in [0.2, 0.25) is 5.91 Å². The Hall–Kier alpha value is -3.10. The second kappa shape index (κ2) is 8.28. The van der Waals surface area contributed by atoms with Gasteiger partial charge in [0.15, 0.2) is 0 Å². The van der Waals surface area contributed by atoms with Crippen LogP contribution in [0.15, 0.2) is 48.5 Å². The highest BCUT2D eigenvalue weighted by Gasteiger charge is 2.45. The van der Waals surface area contributed by atoms with Crippen molar-refractivity contribution in [3.05, 3.63) is 59.9 Å². The maximum atomic E-state index is 13.0. The van der Waals surface area contributed by atoms with Crippen LogP contribution in [0.4, 0.5) is 23.2 Å². The molecule has 2 rings (SSSR count). The first-order valence-corrected chi connectivity index (χ1v) is 8.13. The highest BCUT2D eigenvalue weighted by Crippen LogP contribution is 2.22. The van der Waals surface area contributed by atoms with E-state index in [-0.39, 0.29) is 12.1 Å². The fourth-order valence-electron chi connectivity index (χ4n) is 2.46. The van der Waals surface area contributed by atoms with Crippen molar-refractivity contribution in [2.24, 2.45) is 0 Å². The number of nitrogens with one attached hydrogen (secondary N) is 2. The molecular weight excluding hydrogens is 380 g/mol. The molecule has 0 aliphatic heterocycles. The Kier molecular flexibility index (Phi) is 6.27. The first-order chi connectivity index (χ1) is 13.0. The molecule has 0 spiro atoms. The van der Waals surface area contributed by atoms with Gasteiger partial charge in [-0.05, 0) is 48.9 Å². The van der Waals surface area contributed by atoms with Gasteiger partial charge in [-0.25, -0.2) is 4.39 Å². The van der Waals surface area contributed by atoms with Crippen molar-refractivity contribution in [3.8, 4) is 5.75 Å². The number of ether oxygens (including phenoxy) is 1. The molecule has 2 amide bonds. The molecule has 150 valence electrons. The third-order valence-corrected chi connectivity index (χ3v) is 3.97. The van der Waals surface area contributed by atoms with E-state index in [4.69, 9.17) is 4.74 Å². The van der Waals surface area contributed by atoms with Crippen molar-refractivity contribution in [3.63, 3.8) is 0 Å². The molecular formula is C19H18F4N2O3. The second-order valence-corrected chi connectivity index (χ2v) is 6.27. The van der Waals surface area contributed by atoms with Crippen LogP contribution in [0.25, 0.3) is 0 Å². The van der Waals surface area contributed by atoms with E-state index in [0.29, 0.717) is 11.3 Å². The van der Waals surface area contributed by atoms with Crippen LogP contribution in [0, 0.1) is 5.82 Å². The van der Waals surface area contributed by atoms with Gasteiger partial charge >= 0.3 is 12.1 Å². The molecule has 0 bridgehead atoms. The maximum absolute atomic E-state index is 13.0. The molecule has 0 saturated carbocycles. The summed E-state index contributed by atoms with van der Waals surface area (Å²) in [7, 11) is 1.46. The number of carbonyl (C=O) groups is 2. The number of rotatable bonds is 6. The average Bonchev–Trinajstić information content (AvgIpc) is 2.63. The van der Waals surface area contributed by atoms with Crippen LogP contribution in [0.1, 0.15) is 12.5 Å². The summed E-state index contributed by atoms with van der Waals surface area (Å²) in [6, 6.07) is 11.0. The predicted molar refractivity (Wildman–Crippen MR) is 94.3 cm³/mol. The van der Waals surface area contributed by atoms with Gasteiger partial charge in [0.1, 0.15) is 17.1 Å². The minimum atomic E-state index is -5.16. The lowest BCUT2D eigenvalue weighted by atomic mass is 9.91. The smallest absolute Gasteiger partial charge is 0.471 e. The van der Waals surface area contributed by atoms with Gasteiger partial charge in [0, 0.05) is 12.1 Å². The summed E-state index contributed by atoms with van der Waals surface area (Å²) >= 11 is 0. The summed E-state index contributed by atoms with van der Waals surface area (Å²) in [6.07, 6.45) is -5.37. The minimum absolute atomic E-state index is 0.175. The molecule has 0 fully saturated rings. The number of alkyl halides is 3. The van der Waals surface area contributed by atoms with Crippen LogP contribution in [0.2, 0.25) is 0 Å². The normalized spacial score (nSPS) is 13.4. The molecule has 1 unspecified atom stereocenters. The summed E-state index contributed by atoms with van der Waals surface area (Å²) in [4.78, 5) is 24.2. The molecule has 2 N–H and O–H groups in total. The predicted octanol–water partition coefficient (Wildman–Crippen LogP) is 3.45. The Morgan fingerprint density at radius 1 is 0.964 bits per heavy atom. The molecule has 9 heteroatoms. The lowest BCUT2D eigenvalue weighted by Crippen LogP contribution is -2.59. The maximum Gasteiger partial charge on any atom is 0.471 e. The van der Waals surface area contributed by atoms with Gasteiger partial charge in [-0.1, -0.05) is 12.1 Å². The van der Waals surface area contributed by atoms with E-state index in [1.165, 1.54) is 26.2 Å². The molecule has 0 aliphatic rings. The lowest BCUT2D eigenvalue weighted by Gasteiger charge is -2.30. The van der Waals surface area contributed by atoms with E-state index in [9.17, 15) is 27.2 Å². The van der Waals surface area contributed by atoms with Gasteiger partial charge in [-0.2, -0.15) is 13.2 Å². The Balaban J connectivity index is 2.28. The van der Waals surface area contributed by atoms with Crippen LogP contribution in [-0.4, -0.2) is 30.6 Å². The highest BCUT2D eigenvalue weighted by molar-refractivity contribution is 6.01. The number of halogens is 4. The van der Waals surface area contributed by atoms with Crippen LogP contribution in [0.3, 0.4) is 0 Å². The van der Waals surface area contributed by atoms with E-state index in [2.05, 4.69) is 5.32 Å². The molecule has 0 aromatic heterocycles. The van der Waals surface area contributed by atoms with Crippen LogP contribution >= 0.6 is 0 Å². The van der Waals surface area contributed by atoms with Crippen LogP contribution in [-0.2, 0) is 16.0 Å². The number of methoxy groups -OCH3 is 1. The van der Waals surface area contributed by atoms with E-state index in [0.717, 1.165) is 12.1 Å².